The van der Waals surface area contributed by atoms with Crippen molar-refractivity contribution in [3.05, 3.63) is 71.8 Å². The number of benzene rings is 2. The highest BCUT2D eigenvalue weighted by atomic mass is 16.2. The molecule has 0 saturated carbocycles. The molecule has 2 aromatic rings. The first-order valence-electron chi connectivity index (χ1n) is 8.75. The molecular weight excluding hydrogens is 294 g/mol. The lowest BCUT2D eigenvalue weighted by atomic mass is 9.90. The van der Waals surface area contributed by atoms with E-state index in [1.165, 1.54) is 6.42 Å². The number of nitrogens with zero attached hydrogens (tertiary/aromatic N) is 1. The summed E-state index contributed by atoms with van der Waals surface area (Å²) in [5.41, 5.74) is 2.82. The van der Waals surface area contributed by atoms with E-state index in [1.807, 2.05) is 71.6 Å². The van der Waals surface area contributed by atoms with Gasteiger partial charge in [-0.05, 0) is 35.5 Å². The van der Waals surface area contributed by atoms with Crippen LogP contribution < -0.4 is 0 Å². The van der Waals surface area contributed by atoms with Crippen molar-refractivity contribution in [2.24, 2.45) is 11.8 Å². The molecule has 2 heteroatoms. The lowest BCUT2D eigenvalue weighted by Gasteiger charge is -2.35. The average molecular weight is 319 g/mol. The summed E-state index contributed by atoms with van der Waals surface area (Å²) in [6, 6.07) is 20.1. The van der Waals surface area contributed by atoms with Gasteiger partial charge in [-0.15, -0.1) is 0 Å². The predicted molar refractivity (Wildman–Crippen MR) is 100 cm³/mol. The minimum absolute atomic E-state index is 0.142. The number of likely N-dealkylation sites (tertiary alicyclic amines) is 1. The van der Waals surface area contributed by atoms with Gasteiger partial charge in [0.15, 0.2) is 0 Å². The first-order chi connectivity index (χ1) is 11.6. The molecule has 0 radical (unpaired) electrons. The Morgan fingerprint density at radius 2 is 1.46 bits per heavy atom. The lowest BCUT2D eigenvalue weighted by molar-refractivity contribution is -0.127. The Morgan fingerprint density at radius 3 is 2.04 bits per heavy atom. The summed E-state index contributed by atoms with van der Waals surface area (Å²) in [7, 11) is 0. The second-order valence-electron chi connectivity index (χ2n) is 6.99. The van der Waals surface area contributed by atoms with Crippen LogP contribution in [0.4, 0.5) is 0 Å². The van der Waals surface area contributed by atoms with Crippen molar-refractivity contribution in [3.63, 3.8) is 0 Å². The third-order valence-corrected chi connectivity index (χ3v) is 4.58. The van der Waals surface area contributed by atoms with Gasteiger partial charge in [0.05, 0.1) is 0 Å². The molecule has 0 aliphatic carbocycles. The van der Waals surface area contributed by atoms with Crippen molar-refractivity contribution in [2.45, 2.75) is 20.3 Å². The second kappa shape index (κ2) is 7.48. The van der Waals surface area contributed by atoms with Gasteiger partial charge in [0.2, 0.25) is 0 Å². The number of carbonyl (C=O) groups is 1. The van der Waals surface area contributed by atoms with E-state index >= 15 is 0 Å². The minimum Gasteiger partial charge on any atom is -0.338 e. The summed E-state index contributed by atoms with van der Waals surface area (Å²) in [6.45, 7) is 6.17. The predicted octanol–water partition coefficient (Wildman–Crippen LogP) is 4.73. The van der Waals surface area contributed by atoms with Crippen LogP contribution in [0.1, 0.15) is 31.4 Å². The van der Waals surface area contributed by atoms with Crippen LogP contribution in [-0.4, -0.2) is 23.9 Å². The van der Waals surface area contributed by atoms with Gasteiger partial charge >= 0.3 is 0 Å². The number of amides is 1. The Balaban J connectivity index is 1.96. The first-order valence-corrected chi connectivity index (χ1v) is 8.75. The second-order valence-corrected chi connectivity index (χ2v) is 6.99. The van der Waals surface area contributed by atoms with Crippen LogP contribution in [0, 0.1) is 11.8 Å². The molecule has 3 rings (SSSR count). The third-order valence-electron chi connectivity index (χ3n) is 4.58. The molecular formula is C22H25NO. The summed E-state index contributed by atoms with van der Waals surface area (Å²) < 4.78 is 0. The van der Waals surface area contributed by atoms with Crippen LogP contribution in [0.3, 0.4) is 0 Å². The highest BCUT2D eigenvalue weighted by Crippen LogP contribution is 2.26. The van der Waals surface area contributed by atoms with Crippen molar-refractivity contribution < 1.29 is 4.79 Å². The maximum Gasteiger partial charge on any atom is 0.254 e. The van der Waals surface area contributed by atoms with E-state index in [-0.39, 0.29) is 5.91 Å². The molecule has 0 unspecified atom stereocenters. The van der Waals surface area contributed by atoms with Gasteiger partial charge in [-0.2, -0.15) is 0 Å². The zero-order valence-corrected chi connectivity index (χ0v) is 14.5. The summed E-state index contributed by atoms with van der Waals surface area (Å²) in [5.74, 6) is 1.27. The summed E-state index contributed by atoms with van der Waals surface area (Å²) in [4.78, 5) is 15.3. The molecule has 2 atom stereocenters. The number of piperidine rings is 1. The first kappa shape index (κ1) is 16.5. The summed E-state index contributed by atoms with van der Waals surface area (Å²) >= 11 is 0. The molecule has 1 aliphatic heterocycles. The van der Waals surface area contributed by atoms with Crippen LogP contribution in [0.2, 0.25) is 0 Å². The smallest absolute Gasteiger partial charge is 0.254 e. The number of hydrogen-bond donors (Lipinski definition) is 0. The van der Waals surface area contributed by atoms with Crippen LogP contribution in [0.15, 0.2) is 60.7 Å². The maximum absolute atomic E-state index is 13.3. The Labute approximate surface area is 144 Å². The highest BCUT2D eigenvalue weighted by molar-refractivity contribution is 6.24. The fourth-order valence-corrected chi connectivity index (χ4v) is 3.60. The number of carbonyl (C=O) groups excluding carboxylic acids is 1. The van der Waals surface area contributed by atoms with E-state index in [1.54, 1.807) is 0 Å². The molecule has 0 aromatic heterocycles. The van der Waals surface area contributed by atoms with E-state index in [2.05, 4.69) is 13.8 Å². The topological polar surface area (TPSA) is 20.3 Å². The van der Waals surface area contributed by atoms with Crippen molar-refractivity contribution in [2.75, 3.05) is 13.1 Å². The Hall–Kier alpha value is -2.35. The Kier molecular flexibility index (Phi) is 5.14. The van der Waals surface area contributed by atoms with Gasteiger partial charge in [-0.3, -0.25) is 4.79 Å². The van der Waals surface area contributed by atoms with E-state index < -0.39 is 0 Å². The molecule has 1 aliphatic rings. The lowest BCUT2D eigenvalue weighted by Crippen LogP contribution is -2.42. The quantitative estimate of drug-likeness (QED) is 0.591. The molecule has 1 amide bonds. The molecule has 1 fully saturated rings. The molecule has 124 valence electrons. The van der Waals surface area contributed by atoms with Crippen LogP contribution in [0.25, 0.3) is 11.6 Å². The summed E-state index contributed by atoms with van der Waals surface area (Å²) in [6.07, 6.45) is 3.22. The minimum atomic E-state index is 0.142. The summed E-state index contributed by atoms with van der Waals surface area (Å²) in [5, 5.41) is 0. The zero-order valence-electron chi connectivity index (χ0n) is 14.5. The van der Waals surface area contributed by atoms with E-state index in [9.17, 15) is 4.79 Å². The molecule has 2 nitrogen and oxygen atoms in total. The van der Waals surface area contributed by atoms with E-state index in [4.69, 9.17) is 0 Å². The highest BCUT2D eigenvalue weighted by Gasteiger charge is 2.27. The molecule has 0 N–H and O–H groups in total. The molecule has 0 bridgehead atoms. The third kappa shape index (κ3) is 3.94. The van der Waals surface area contributed by atoms with Gasteiger partial charge < -0.3 is 4.90 Å². The maximum atomic E-state index is 13.3. The van der Waals surface area contributed by atoms with E-state index in [0.29, 0.717) is 11.8 Å². The fraction of sp³-hybridized carbons (Fsp3) is 0.318. The van der Waals surface area contributed by atoms with Crippen molar-refractivity contribution in [1.29, 1.82) is 0 Å². The number of hydrogen-bond acceptors (Lipinski definition) is 1. The fourth-order valence-electron chi connectivity index (χ4n) is 3.60. The van der Waals surface area contributed by atoms with Crippen molar-refractivity contribution in [3.8, 4) is 0 Å². The van der Waals surface area contributed by atoms with Crippen LogP contribution in [0.5, 0.6) is 0 Å². The normalized spacial score (nSPS) is 21.6. The van der Waals surface area contributed by atoms with Gasteiger partial charge in [0.1, 0.15) is 0 Å². The molecule has 1 heterocycles. The largest absolute Gasteiger partial charge is 0.338 e. The zero-order chi connectivity index (χ0) is 16.9. The number of rotatable bonds is 3. The van der Waals surface area contributed by atoms with Crippen molar-refractivity contribution in [1.82, 2.24) is 4.90 Å². The SMILES string of the molecule is C[C@@H]1C[C@H](C)CN(C(=O)/C(=C\c2ccccc2)c2ccccc2)C1. The van der Waals surface area contributed by atoms with Gasteiger partial charge in [0.25, 0.3) is 5.91 Å². The Bertz CT molecular complexity index is 695. The Morgan fingerprint density at radius 1 is 0.917 bits per heavy atom. The van der Waals surface area contributed by atoms with Gasteiger partial charge in [-0.1, -0.05) is 74.5 Å². The van der Waals surface area contributed by atoms with Gasteiger partial charge in [-0.25, -0.2) is 0 Å². The van der Waals surface area contributed by atoms with E-state index in [0.717, 1.165) is 29.8 Å². The molecule has 1 saturated heterocycles. The monoisotopic (exact) mass is 319 g/mol. The average Bonchev–Trinajstić information content (AvgIpc) is 2.60. The van der Waals surface area contributed by atoms with Crippen molar-refractivity contribution >= 4 is 17.6 Å². The van der Waals surface area contributed by atoms with Crippen LogP contribution >= 0.6 is 0 Å². The molecule has 0 spiro atoms. The molecule has 24 heavy (non-hydrogen) atoms. The molecule has 2 aromatic carbocycles. The standard InChI is InChI=1S/C22H25NO/c1-17-13-18(2)16-23(15-17)22(24)21(20-11-7-4-8-12-20)14-19-9-5-3-6-10-19/h3-12,14,17-18H,13,15-16H2,1-2H3/b21-14-/t17-,18+. The van der Waals surface area contributed by atoms with Crippen LogP contribution in [-0.2, 0) is 4.79 Å². The van der Waals surface area contributed by atoms with Gasteiger partial charge in [0, 0.05) is 18.7 Å².